The summed E-state index contributed by atoms with van der Waals surface area (Å²) < 4.78 is 38.0. The Bertz CT molecular complexity index is 354. The Balaban J connectivity index is 0.00000441. The van der Waals surface area contributed by atoms with Crippen LogP contribution in [0.2, 0.25) is 0 Å². The van der Waals surface area contributed by atoms with Gasteiger partial charge in [-0.1, -0.05) is 0 Å². The van der Waals surface area contributed by atoms with Gasteiger partial charge < -0.3 is 10.6 Å². The number of hydrogen-bond donors (Lipinski definition) is 2. The first-order valence-electron chi connectivity index (χ1n) is 7.27. The third-order valence-electron chi connectivity index (χ3n) is 3.99. The minimum Gasteiger partial charge on any atom is -0.355 e. The maximum absolute atomic E-state index is 12.6. The van der Waals surface area contributed by atoms with E-state index in [4.69, 9.17) is 0 Å². The molecule has 0 aromatic heterocycles. The summed E-state index contributed by atoms with van der Waals surface area (Å²) in [4.78, 5) is 4.15. The van der Waals surface area contributed by atoms with E-state index in [1.54, 1.807) is 18.8 Å². The van der Waals surface area contributed by atoms with E-state index in [9.17, 15) is 13.2 Å². The lowest BCUT2D eigenvalue weighted by molar-refractivity contribution is -0.182. The first-order chi connectivity index (χ1) is 9.68. The van der Waals surface area contributed by atoms with Crippen LogP contribution in [-0.4, -0.2) is 42.8 Å². The molecule has 0 aromatic carbocycles. The van der Waals surface area contributed by atoms with E-state index < -0.39 is 12.1 Å². The van der Waals surface area contributed by atoms with Crippen LogP contribution in [-0.2, 0) is 0 Å². The maximum atomic E-state index is 12.6. The van der Waals surface area contributed by atoms with Crippen LogP contribution in [0.15, 0.2) is 4.99 Å². The largest absolute Gasteiger partial charge is 0.391 e. The Morgan fingerprint density at radius 3 is 2.14 bits per heavy atom. The van der Waals surface area contributed by atoms with Gasteiger partial charge in [-0.05, 0) is 45.8 Å². The summed E-state index contributed by atoms with van der Waals surface area (Å²) in [6.07, 6.45) is -0.514. The standard InChI is InChI=1S/C14H26F3N3S.HI/c1-13(2,21-4)9-19-12(18-3)20-11-7-5-10(6-8-11)14(15,16)17;/h10-11H,5-9H2,1-4H3,(H2,18,19,20);1H. The van der Waals surface area contributed by atoms with Gasteiger partial charge in [-0.25, -0.2) is 0 Å². The molecule has 1 aliphatic rings. The van der Waals surface area contributed by atoms with Gasteiger partial charge in [0.1, 0.15) is 0 Å². The fourth-order valence-corrected chi connectivity index (χ4v) is 2.54. The average Bonchev–Trinajstić information content (AvgIpc) is 2.43. The molecule has 132 valence electrons. The lowest BCUT2D eigenvalue weighted by Gasteiger charge is -2.32. The van der Waals surface area contributed by atoms with Crippen LogP contribution in [0.5, 0.6) is 0 Å². The zero-order valence-electron chi connectivity index (χ0n) is 13.6. The Hall–Kier alpha value is 0.140. The van der Waals surface area contributed by atoms with Crippen molar-refractivity contribution in [3.8, 4) is 0 Å². The third kappa shape index (κ3) is 7.61. The highest BCUT2D eigenvalue weighted by atomic mass is 127. The van der Waals surface area contributed by atoms with Crippen molar-refractivity contribution in [2.45, 2.75) is 56.5 Å². The van der Waals surface area contributed by atoms with Crippen LogP contribution >= 0.6 is 35.7 Å². The topological polar surface area (TPSA) is 36.4 Å². The molecule has 1 rings (SSSR count). The van der Waals surface area contributed by atoms with Gasteiger partial charge in [0, 0.05) is 24.4 Å². The van der Waals surface area contributed by atoms with Crippen molar-refractivity contribution >= 4 is 41.7 Å². The second kappa shape index (κ2) is 9.44. The van der Waals surface area contributed by atoms with E-state index in [2.05, 4.69) is 35.7 Å². The maximum Gasteiger partial charge on any atom is 0.391 e. The van der Waals surface area contributed by atoms with Gasteiger partial charge in [-0.15, -0.1) is 24.0 Å². The molecule has 0 aromatic rings. The Kier molecular flexibility index (Phi) is 9.50. The zero-order chi connectivity index (χ0) is 16.1. The predicted octanol–water partition coefficient (Wildman–Crippen LogP) is 4.03. The number of aliphatic imine (C=N–C) groups is 1. The third-order valence-corrected chi connectivity index (χ3v) is 5.24. The molecular weight excluding hydrogens is 426 g/mol. The number of thioether (sulfide) groups is 1. The van der Waals surface area contributed by atoms with E-state index in [1.807, 2.05) is 0 Å². The van der Waals surface area contributed by atoms with E-state index in [1.165, 1.54) is 0 Å². The van der Waals surface area contributed by atoms with Gasteiger partial charge in [0.05, 0.1) is 5.92 Å². The SMILES string of the molecule is CN=C(NCC(C)(C)SC)NC1CCC(C(F)(F)F)CC1.I. The molecule has 0 aliphatic heterocycles. The lowest BCUT2D eigenvalue weighted by atomic mass is 9.85. The van der Waals surface area contributed by atoms with Gasteiger partial charge in [0.25, 0.3) is 0 Å². The summed E-state index contributed by atoms with van der Waals surface area (Å²) >= 11 is 1.76. The summed E-state index contributed by atoms with van der Waals surface area (Å²) in [7, 11) is 1.68. The molecule has 0 saturated heterocycles. The smallest absolute Gasteiger partial charge is 0.355 e. The normalized spacial score (nSPS) is 23.7. The second-order valence-electron chi connectivity index (χ2n) is 6.12. The molecule has 0 spiro atoms. The molecular formula is C14H27F3IN3S. The van der Waals surface area contributed by atoms with Gasteiger partial charge in [0.15, 0.2) is 5.96 Å². The molecule has 0 heterocycles. The fraction of sp³-hybridized carbons (Fsp3) is 0.929. The van der Waals surface area contributed by atoms with Crippen molar-refractivity contribution in [1.29, 1.82) is 0 Å². The molecule has 0 unspecified atom stereocenters. The van der Waals surface area contributed by atoms with Gasteiger partial charge in [-0.2, -0.15) is 24.9 Å². The number of rotatable bonds is 4. The number of nitrogens with zero attached hydrogens (tertiary/aromatic N) is 1. The monoisotopic (exact) mass is 453 g/mol. The van der Waals surface area contributed by atoms with E-state index in [0.29, 0.717) is 18.8 Å². The van der Waals surface area contributed by atoms with Crippen LogP contribution in [0, 0.1) is 5.92 Å². The minimum atomic E-state index is -4.05. The van der Waals surface area contributed by atoms with E-state index >= 15 is 0 Å². The molecule has 3 nitrogen and oxygen atoms in total. The van der Waals surface area contributed by atoms with Crippen LogP contribution < -0.4 is 10.6 Å². The first-order valence-corrected chi connectivity index (χ1v) is 8.49. The van der Waals surface area contributed by atoms with Gasteiger partial charge in [0.2, 0.25) is 0 Å². The zero-order valence-corrected chi connectivity index (χ0v) is 16.7. The molecule has 0 radical (unpaired) electrons. The molecule has 2 N–H and O–H groups in total. The fourth-order valence-electron chi connectivity index (χ4n) is 2.32. The number of alkyl halides is 3. The van der Waals surface area contributed by atoms with Crippen LogP contribution in [0.1, 0.15) is 39.5 Å². The van der Waals surface area contributed by atoms with Crippen molar-refractivity contribution in [1.82, 2.24) is 10.6 Å². The molecule has 1 aliphatic carbocycles. The number of nitrogens with one attached hydrogen (secondary N) is 2. The van der Waals surface area contributed by atoms with Crippen molar-refractivity contribution in [2.75, 3.05) is 19.8 Å². The predicted molar refractivity (Wildman–Crippen MR) is 99.3 cm³/mol. The van der Waals surface area contributed by atoms with Crippen molar-refractivity contribution in [2.24, 2.45) is 10.9 Å². The van der Waals surface area contributed by atoms with Gasteiger partial charge >= 0.3 is 6.18 Å². The average molecular weight is 453 g/mol. The molecule has 0 atom stereocenters. The van der Waals surface area contributed by atoms with Crippen molar-refractivity contribution in [3.05, 3.63) is 0 Å². The Labute approximate surface area is 152 Å². The number of halogens is 4. The molecule has 22 heavy (non-hydrogen) atoms. The molecule has 0 amide bonds. The summed E-state index contributed by atoms with van der Waals surface area (Å²) in [5.74, 6) is -0.464. The summed E-state index contributed by atoms with van der Waals surface area (Å²) in [6, 6.07) is 0.0761. The molecule has 1 saturated carbocycles. The molecule has 1 fully saturated rings. The van der Waals surface area contributed by atoms with Crippen LogP contribution in [0.25, 0.3) is 0 Å². The van der Waals surface area contributed by atoms with E-state index in [-0.39, 0.29) is 47.6 Å². The minimum absolute atomic E-state index is 0. The quantitative estimate of drug-likeness (QED) is 0.384. The summed E-state index contributed by atoms with van der Waals surface area (Å²) in [5.41, 5.74) is 0. The Morgan fingerprint density at radius 1 is 1.18 bits per heavy atom. The summed E-state index contributed by atoms with van der Waals surface area (Å²) in [5, 5.41) is 6.48. The molecule has 8 heteroatoms. The Morgan fingerprint density at radius 2 is 1.73 bits per heavy atom. The highest BCUT2D eigenvalue weighted by Gasteiger charge is 2.41. The second-order valence-corrected chi connectivity index (χ2v) is 7.64. The lowest BCUT2D eigenvalue weighted by Crippen LogP contribution is -2.48. The van der Waals surface area contributed by atoms with Crippen molar-refractivity contribution in [3.63, 3.8) is 0 Å². The highest BCUT2D eigenvalue weighted by Crippen LogP contribution is 2.37. The van der Waals surface area contributed by atoms with E-state index in [0.717, 1.165) is 6.54 Å². The molecule has 0 bridgehead atoms. The van der Waals surface area contributed by atoms with Crippen LogP contribution in [0.4, 0.5) is 13.2 Å². The highest BCUT2D eigenvalue weighted by molar-refractivity contribution is 14.0. The number of hydrogen-bond acceptors (Lipinski definition) is 2. The van der Waals surface area contributed by atoms with Crippen molar-refractivity contribution < 1.29 is 13.2 Å². The van der Waals surface area contributed by atoms with Crippen LogP contribution in [0.3, 0.4) is 0 Å². The summed E-state index contributed by atoms with van der Waals surface area (Å²) in [6.45, 7) is 5.02. The number of guanidine groups is 1. The van der Waals surface area contributed by atoms with Gasteiger partial charge in [-0.3, -0.25) is 4.99 Å². The first kappa shape index (κ1) is 22.1.